The Bertz CT molecular complexity index is 883. The second-order valence-electron chi connectivity index (χ2n) is 10.6. The topological polar surface area (TPSA) is 0 Å². The Morgan fingerprint density at radius 2 is 0.930 bits per heavy atom. The highest BCUT2D eigenvalue weighted by Gasteiger charge is 2.92. The van der Waals surface area contributed by atoms with Gasteiger partial charge in [-0.1, -0.05) is 65.0 Å². The predicted octanol–water partition coefficient (Wildman–Crippen LogP) is 11.6. The van der Waals surface area contributed by atoms with Gasteiger partial charge in [-0.25, -0.2) is 22.0 Å². The Labute approximate surface area is 252 Å². The molecule has 0 aliphatic rings. The SMILES string of the molecule is CCCCCCCCC([Si](Cl)(Cl)Cl)[Si](C)(C)C(F)C(F)(F)C(F)(F)C(F)(F)C(F)(F)C(F)(F)C(F)(F)C(F)C(F)C(F)F. The first-order valence-corrected chi connectivity index (χ1v) is 20.7. The molecule has 0 saturated carbocycles. The van der Waals surface area contributed by atoms with Gasteiger partial charge in [-0.05, 0) is 5.16 Å². The zero-order chi connectivity index (χ0) is 34.8. The lowest BCUT2D eigenvalue weighted by molar-refractivity contribution is -0.432. The molecule has 260 valence electrons. The van der Waals surface area contributed by atoms with Crippen molar-refractivity contribution in [2.75, 3.05) is 0 Å². The van der Waals surface area contributed by atoms with Crippen molar-refractivity contribution in [3.05, 3.63) is 0 Å². The normalized spacial score (nSPS) is 18.1. The van der Waals surface area contributed by atoms with Crippen LogP contribution in [0.15, 0.2) is 0 Å². The van der Waals surface area contributed by atoms with Crippen molar-refractivity contribution in [1.29, 1.82) is 0 Å². The van der Waals surface area contributed by atoms with Crippen LogP contribution in [-0.2, 0) is 0 Å². The molecule has 0 heterocycles. The van der Waals surface area contributed by atoms with Gasteiger partial charge in [0.1, 0.15) is 8.07 Å². The monoisotopic (exact) mass is 764 g/mol. The first-order chi connectivity index (χ1) is 18.9. The lowest BCUT2D eigenvalue weighted by atomic mass is 9.89. The van der Waals surface area contributed by atoms with Gasteiger partial charge in [-0.2, -0.15) is 52.7 Å². The van der Waals surface area contributed by atoms with Gasteiger partial charge in [0.2, 0.25) is 6.17 Å². The van der Waals surface area contributed by atoms with Crippen LogP contribution in [0.2, 0.25) is 18.3 Å². The Balaban J connectivity index is 6.63. The van der Waals surface area contributed by atoms with Crippen molar-refractivity contribution in [1.82, 2.24) is 0 Å². The van der Waals surface area contributed by atoms with E-state index in [1.54, 1.807) is 0 Å². The van der Waals surface area contributed by atoms with Gasteiger partial charge in [0.05, 0.1) is 0 Å². The third-order valence-electron chi connectivity index (χ3n) is 7.00. The number of hydrogen-bond donors (Lipinski definition) is 0. The first-order valence-electron chi connectivity index (χ1n) is 12.4. The van der Waals surface area contributed by atoms with E-state index in [1.807, 2.05) is 6.92 Å². The Hall–Kier alpha value is 0.114. The molecule has 0 fully saturated rings. The summed E-state index contributed by atoms with van der Waals surface area (Å²) in [5.41, 5.74) is 0. The summed E-state index contributed by atoms with van der Waals surface area (Å²) in [4.78, 5) is 0. The predicted molar refractivity (Wildman–Crippen MR) is 133 cm³/mol. The Morgan fingerprint density at radius 1 is 0.558 bits per heavy atom. The smallest absolute Gasteiger partial charge is 0.245 e. The molecule has 0 N–H and O–H groups in total. The number of halogens is 20. The fraction of sp³-hybridized carbons (Fsp3) is 1.00. The molecule has 43 heavy (non-hydrogen) atoms. The lowest BCUT2D eigenvalue weighted by Crippen LogP contribution is -2.75. The van der Waals surface area contributed by atoms with E-state index in [9.17, 15) is 70.2 Å². The molecule has 0 saturated heterocycles. The van der Waals surface area contributed by atoms with E-state index in [-0.39, 0.29) is 6.42 Å². The quantitative estimate of drug-likeness (QED) is 0.0532. The van der Waals surface area contributed by atoms with Crippen LogP contribution in [0.4, 0.5) is 74.6 Å². The van der Waals surface area contributed by atoms with Crippen LogP contribution in [0.5, 0.6) is 0 Å². The molecule has 0 spiro atoms. The van der Waals surface area contributed by atoms with Crippen molar-refractivity contribution < 1.29 is 74.6 Å². The summed E-state index contributed by atoms with van der Waals surface area (Å²) in [5, 5.41) is -1.78. The molecule has 0 aromatic carbocycles. The summed E-state index contributed by atoms with van der Waals surface area (Å²) in [7, 11) is -5.00. The van der Waals surface area contributed by atoms with Crippen LogP contribution in [0.1, 0.15) is 51.9 Å². The molecule has 0 rings (SSSR count). The molecule has 0 aromatic heterocycles. The van der Waals surface area contributed by atoms with E-state index in [4.69, 9.17) is 33.2 Å². The molecule has 0 radical (unpaired) electrons. The molecular formula is C21H28Cl3F17Si2. The van der Waals surface area contributed by atoms with Crippen LogP contribution in [0.25, 0.3) is 0 Å². The van der Waals surface area contributed by atoms with Gasteiger partial charge >= 0.3 is 41.5 Å². The van der Waals surface area contributed by atoms with Crippen LogP contribution >= 0.6 is 33.2 Å². The van der Waals surface area contributed by atoms with E-state index >= 15 is 4.39 Å². The minimum atomic E-state index is -8.42. The second kappa shape index (κ2) is 14.5. The molecule has 0 bridgehead atoms. The third kappa shape index (κ3) is 8.16. The molecule has 0 amide bonds. The zero-order valence-corrected chi connectivity index (χ0v) is 26.7. The average molecular weight is 766 g/mol. The molecule has 4 unspecified atom stereocenters. The average Bonchev–Trinajstić information content (AvgIpc) is 2.84. The van der Waals surface area contributed by atoms with Crippen LogP contribution < -0.4 is 0 Å². The maximum atomic E-state index is 15.3. The first kappa shape index (κ1) is 43.1. The highest BCUT2D eigenvalue weighted by molar-refractivity contribution is 7.67. The van der Waals surface area contributed by atoms with Crippen molar-refractivity contribution in [2.45, 2.75) is 130 Å². The summed E-state index contributed by atoms with van der Waals surface area (Å²) in [6.07, 6.45) is -12.9. The standard InChI is InChI=1S/C21H28Cl3F17Si2/c1-4-5-6-7-8-9-10-11(43(22,23)24)42(2,3)15(29)17(32,33)19(36,37)21(40,41)20(38,39)18(34,35)16(30,31)13(26)12(25)14(27)28/h11-15H,4-10H2,1-3H3. The molecule has 0 aliphatic heterocycles. The summed E-state index contributed by atoms with van der Waals surface area (Å²) in [6.45, 7) is 2.86. The van der Waals surface area contributed by atoms with Gasteiger partial charge in [0.25, 0.3) is 6.43 Å². The van der Waals surface area contributed by atoms with Crippen molar-refractivity contribution >= 4 is 47.3 Å². The van der Waals surface area contributed by atoms with Crippen molar-refractivity contribution in [3.63, 3.8) is 0 Å². The van der Waals surface area contributed by atoms with Crippen LogP contribution in [0.3, 0.4) is 0 Å². The maximum Gasteiger partial charge on any atom is 0.384 e. The molecule has 0 nitrogen and oxygen atoms in total. The maximum absolute atomic E-state index is 15.3. The Kier molecular flexibility index (Phi) is 14.5. The minimum absolute atomic E-state index is 0.0223. The molecule has 4 atom stereocenters. The van der Waals surface area contributed by atoms with E-state index in [0.717, 1.165) is 12.8 Å². The third-order valence-corrected chi connectivity index (χ3v) is 19.4. The van der Waals surface area contributed by atoms with E-state index < -0.39 is 85.8 Å². The minimum Gasteiger partial charge on any atom is -0.245 e. The largest absolute Gasteiger partial charge is 0.384 e. The zero-order valence-electron chi connectivity index (χ0n) is 22.4. The van der Waals surface area contributed by atoms with E-state index in [1.165, 1.54) is 0 Å². The number of hydrogen-bond acceptors (Lipinski definition) is 0. The number of rotatable bonds is 19. The summed E-state index contributed by atoms with van der Waals surface area (Å²) >= 11 is 17.5. The fourth-order valence-electron chi connectivity index (χ4n) is 4.20. The van der Waals surface area contributed by atoms with Gasteiger partial charge in [-0.3, -0.25) is 0 Å². The van der Waals surface area contributed by atoms with Gasteiger partial charge < -0.3 is 0 Å². The number of unbranched alkanes of at least 4 members (excludes halogenated alkanes) is 5. The van der Waals surface area contributed by atoms with Crippen molar-refractivity contribution in [3.8, 4) is 0 Å². The highest BCUT2D eigenvalue weighted by atomic mass is 35.8. The molecule has 0 aromatic rings. The molecular weight excluding hydrogens is 738 g/mol. The highest BCUT2D eigenvalue weighted by Crippen LogP contribution is 2.63. The van der Waals surface area contributed by atoms with Gasteiger partial charge in [-0.15, -0.1) is 33.2 Å². The van der Waals surface area contributed by atoms with E-state index in [2.05, 4.69) is 0 Å². The van der Waals surface area contributed by atoms with Gasteiger partial charge in [0.15, 0.2) is 12.0 Å². The van der Waals surface area contributed by atoms with E-state index in [0.29, 0.717) is 32.4 Å². The molecule has 22 heteroatoms. The van der Waals surface area contributed by atoms with Crippen molar-refractivity contribution in [2.24, 2.45) is 0 Å². The van der Waals surface area contributed by atoms with Gasteiger partial charge in [0, 0.05) is 0 Å². The van der Waals surface area contributed by atoms with Crippen LogP contribution in [0, 0.1) is 0 Å². The molecule has 0 aliphatic carbocycles. The number of alkyl halides is 17. The fourth-order valence-corrected chi connectivity index (χ4v) is 19.5. The Morgan fingerprint density at radius 3 is 1.30 bits per heavy atom. The summed E-state index contributed by atoms with van der Waals surface area (Å²) < 4.78 is 236. The summed E-state index contributed by atoms with van der Waals surface area (Å²) in [6, 6.07) is -4.40. The second-order valence-corrected chi connectivity index (χ2v) is 24.9. The van der Waals surface area contributed by atoms with Crippen LogP contribution in [-0.4, -0.2) is 74.2 Å². The summed E-state index contributed by atoms with van der Waals surface area (Å²) in [5.74, 6) is -52.1. The lowest BCUT2D eigenvalue weighted by Gasteiger charge is -2.46.